The number of Topliss-reactive ketones (excluding diaryl/α,β-unsaturated/α-hetero) is 1. The number of ether oxygens (including phenoxy) is 1. The van der Waals surface area contributed by atoms with Gasteiger partial charge < -0.3 is 4.74 Å². The van der Waals surface area contributed by atoms with Crippen molar-refractivity contribution >= 4 is 5.78 Å². The van der Waals surface area contributed by atoms with Crippen LogP contribution in [0.15, 0.2) is 54.6 Å². The van der Waals surface area contributed by atoms with Crippen molar-refractivity contribution < 1.29 is 13.9 Å². The van der Waals surface area contributed by atoms with E-state index in [1.54, 1.807) is 12.1 Å². The van der Waals surface area contributed by atoms with E-state index >= 15 is 0 Å². The van der Waals surface area contributed by atoms with Crippen LogP contribution >= 0.6 is 0 Å². The highest BCUT2D eigenvalue weighted by Gasteiger charge is 2.32. The van der Waals surface area contributed by atoms with E-state index in [1.165, 1.54) is 12.1 Å². The SMILES string of the molecule is O=C(c1ccccc1F)C1COC(c2ccccc2)N1. The Hall–Kier alpha value is -2.04. The largest absolute Gasteiger partial charge is 0.357 e. The van der Waals surface area contributed by atoms with Gasteiger partial charge in [-0.05, 0) is 17.7 Å². The lowest BCUT2D eigenvalue weighted by atomic mass is 10.0. The molecule has 1 N–H and O–H groups in total. The molecule has 2 aromatic rings. The van der Waals surface area contributed by atoms with Crippen LogP contribution in [-0.2, 0) is 4.74 Å². The third-order valence-corrected chi connectivity index (χ3v) is 3.34. The van der Waals surface area contributed by atoms with Crippen molar-refractivity contribution in [3.63, 3.8) is 0 Å². The normalized spacial score (nSPS) is 21.9. The summed E-state index contributed by atoms with van der Waals surface area (Å²) in [7, 11) is 0. The predicted octanol–water partition coefficient (Wildman–Crippen LogP) is 2.70. The Labute approximate surface area is 116 Å². The lowest BCUT2D eigenvalue weighted by molar-refractivity contribution is 0.0906. The summed E-state index contributed by atoms with van der Waals surface area (Å²) in [6.45, 7) is 0.243. The highest BCUT2D eigenvalue weighted by Crippen LogP contribution is 2.22. The van der Waals surface area contributed by atoms with Crippen LogP contribution in [0.25, 0.3) is 0 Å². The molecule has 1 heterocycles. The Balaban J connectivity index is 1.75. The van der Waals surface area contributed by atoms with E-state index in [2.05, 4.69) is 5.32 Å². The average Bonchev–Trinajstić information content (AvgIpc) is 2.98. The van der Waals surface area contributed by atoms with Crippen molar-refractivity contribution in [1.82, 2.24) is 5.32 Å². The molecule has 0 spiro atoms. The van der Waals surface area contributed by atoms with E-state index in [-0.39, 0.29) is 24.2 Å². The highest BCUT2D eigenvalue weighted by molar-refractivity contribution is 6.00. The van der Waals surface area contributed by atoms with Crippen LogP contribution in [-0.4, -0.2) is 18.4 Å². The number of ketones is 1. The van der Waals surface area contributed by atoms with Gasteiger partial charge in [0.25, 0.3) is 0 Å². The van der Waals surface area contributed by atoms with Crippen LogP contribution in [0.3, 0.4) is 0 Å². The van der Waals surface area contributed by atoms with E-state index in [0.29, 0.717) is 0 Å². The fraction of sp³-hybridized carbons (Fsp3) is 0.188. The molecule has 4 heteroatoms. The fourth-order valence-electron chi connectivity index (χ4n) is 2.29. The first-order valence-electron chi connectivity index (χ1n) is 6.47. The molecule has 3 nitrogen and oxygen atoms in total. The molecule has 0 amide bonds. The molecular formula is C16H14FNO2. The molecule has 2 aromatic carbocycles. The first-order chi connectivity index (χ1) is 9.75. The number of benzene rings is 2. The van der Waals surface area contributed by atoms with Crippen molar-refractivity contribution in [3.8, 4) is 0 Å². The molecule has 2 atom stereocenters. The van der Waals surface area contributed by atoms with E-state index in [1.807, 2.05) is 30.3 Å². The Morgan fingerprint density at radius 3 is 2.55 bits per heavy atom. The second-order valence-corrected chi connectivity index (χ2v) is 4.69. The number of rotatable bonds is 3. The van der Waals surface area contributed by atoms with E-state index in [9.17, 15) is 9.18 Å². The van der Waals surface area contributed by atoms with E-state index < -0.39 is 11.9 Å². The van der Waals surface area contributed by atoms with E-state index in [0.717, 1.165) is 5.56 Å². The molecular weight excluding hydrogens is 257 g/mol. The molecule has 1 fully saturated rings. The second kappa shape index (κ2) is 5.53. The van der Waals surface area contributed by atoms with E-state index in [4.69, 9.17) is 4.74 Å². The summed E-state index contributed by atoms with van der Waals surface area (Å²) in [5, 5.41) is 3.09. The molecule has 2 unspecified atom stereocenters. The van der Waals surface area contributed by atoms with Crippen molar-refractivity contribution in [2.45, 2.75) is 12.3 Å². The summed E-state index contributed by atoms with van der Waals surface area (Å²) in [6.07, 6.45) is -0.322. The van der Waals surface area contributed by atoms with Crippen molar-refractivity contribution in [3.05, 3.63) is 71.5 Å². The van der Waals surface area contributed by atoms with Gasteiger partial charge in [0.05, 0.1) is 18.2 Å². The molecule has 1 aliphatic rings. The summed E-state index contributed by atoms with van der Waals surface area (Å²) in [5.41, 5.74) is 1.05. The van der Waals surface area contributed by atoms with Gasteiger partial charge in [-0.1, -0.05) is 42.5 Å². The summed E-state index contributed by atoms with van der Waals surface area (Å²) in [6, 6.07) is 15.1. The molecule has 102 valence electrons. The molecule has 0 aromatic heterocycles. The Morgan fingerprint density at radius 1 is 1.10 bits per heavy atom. The minimum absolute atomic E-state index is 0.0994. The lowest BCUT2D eigenvalue weighted by Gasteiger charge is -2.12. The average molecular weight is 271 g/mol. The molecule has 0 saturated carbocycles. The van der Waals surface area contributed by atoms with Gasteiger partial charge in [-0.15, -0.1) is 0 Å². The van der Waals surface area contributed by atoms with Crippen LogP contribution in [0, 0.1) is 5.82 Å². The third-order valence-electron chi connectivity index (χ3n) is 3.34. The zero-order chi connectivity index (χ0) is 13.9. The molecule has 1 saturated heterocycles. The topological polar surface area (TPSA) is 38.3 Å². The van der Waals surface area contributed by atoms with Gasteiger partial charge in [-0.2, -0.15) is 0 Å². The quantitative estimate of drug-likeness (QED) is 0.872. The Bertz CT molecular complexity index is 615. The molecule has 0 bridgehead atoms. The molecule has 1 aliphatic heterocycles. The number of carbonyl (C=O) groups is 1. The number of hydrogen-bond donors (Lipinski definition) is 1. The lowest BCUT2D eigenvalue weighted by Crippen LogP contribution is -2.34. The summed E-state index contributed by atoms with van der Waals surface area (Å²) < 4.78 is 19.2. The maximum atomic E-state index is 13.6. The Kier molecular flexibility index (Phi) is 3.58. The van der Waals surface area contributed by atoms with Gasteiger partial charge in [-0.3, -0.25) is 10.1 Å². The Morgan fingerprint density at radius 2 is 1.80 bits per heavy atom. The van der Waals surface area contributed by atoms with Gasteiger partial charge in [0.15, 0.2) is 5.78 Å². The highest BCUT2D eigenvalue weighted by atomic mass is 19.1. The second-order valence-electron chi connectivity index (χ2n) is 4.69. The van der Waals surface area contributed by atoms with Crippen LogP contribution in [0.2, 0.25) is 0 Å². The minimum atomic E-state index is -0.517. The van der Waals surface area contributed by atoms with Gasteiger partial charge in [0.2, 0.25) is 0 Å². The van der Waals surface area contributed by atoms with Gasteiger partial charge in [0, 0.05) is 0 Å². The number of carbonyl (C=O) groups excluding carboxylic acids is 1. The summed E-state index contributed by atoms with van der Waals surface area (Å²) in [4.78, 5) is 12.3. The van der Waals surface area contributed by atoms with Crippen molar-refractivity contribution in [2.75, 3.05) is 6.61 Å². The van der Waals surface area contributed by atoms with Gasteiger partial charge >= 0.3 is 0 Å². The first-order valence-corrected chi connectivity index (χ1v) is 6.47. The van der Waals surface area contributed by atoms with Gasteiger partial charge in [-0.25, -0.2) is 4.39 Å². The molecule has 0 aliphatic carbocycles. The molecule has 3 rings (SSSR count). The van der Waals surface area contributed by atoms with Crippen molar-refractivity contribution in [2.24, 2.45) is 0 Å². The molecule has 0 radical (unpaired) electrons. The monoisotopic (exact) mass is 271 g/mol. The number of halogens is 1. The third kappa shape index (κ3) is 2.48. The van der Waals surface area contributed by atoms with Crippen LogP contribution in [0.1, 0.15) is 22.1 Å². The first kappa shape index (κ1) is 13.0. The maximum Gasteiger partial charge on any atom is 0.185 e. The standard InChI is InChI=1S/C16H14FNO2/c17-13-9-5-4-8-12(13)15(19)14-10-20-16(18-14)11-6-2-1-3-7-11/h1-9,14,16,18H,10H2. The number of hydrogen-bond acceptors (Lipinski definition) is 3. The zero-order valence-corrected chi connectivity index (χ0v) is 10.8. The van der Waals surface area contributed by atoms with Gasteiger partial charge in [0.1, 0.15) is 12.0 Å². The maximum absolute atomic E-state index is 13.6. The van der Waals surface area contributed by atoms with Crippen LogP contribution in [0.4, 0.5) is 4.39 Å². The number of nitrogens with one attached hydrogen (secondary N) is 1. The fourth-order valence-corrected chi connectivity index (χ4v) is 2.29. The predicted molar refractivity (Wildman–Crippen MR) is 72.8 cm³/mol. The zero-order valence-electron chi connectivity index (χ0n) is 10.8. The smallest absolute Gasteiger partial charge is 0.185 e. The van der Waals surface area contributed by atoms with Crippen molar-refractivity contribution in [1.29, 1.82) is 0 Å². The summed E-state index contributed by atoms with van der Waals surface area (Å²) >= 11 is 0. The molecule has 20 heavy (non-hydrogen) atoms. The van der Waals surface area contributed by atoms with Crippen LogP contribution < -0.4 is 5.32 Å². The minimum Gasteiger partial charge on any atom is -0.357 e. The summed E-state index contributed by atoms with van der Waals surface area (Å²) in [5.74, 6) is -0.774. The van der Waals surface area contributed by atoms with Crippen LogP contribution in [0.5, 0.6) is 0 Å².